The van der Waals surface area contributed by atoms with Gasteiger partial charge in [-0.05, 0) is 36.1 Å². The first-order valence-corrected chi connectivity index (χ1v) is 6.37. The van der Waals surface area contributed by atoms with Gasteiger partial charge in [-0.1, -0.05) is 35.9 Å². The van der Waals surface area contributed by atoms with E-state index in [4.69, 9.17) is 16.3 Å². The van der Waals surface area contributed by atoms with Crippen molar-refractivity contribution < 1.29 is 9.84 Å². The Balaban J connectivity index is 2.13. The SMILES string of the molecule is Oc1ccc(-c2cccc3c2OCCC3)cc1Cl. The third kappa shape index (κ3) is 1.93. The summed E-state index contributed by atoms with van der Waals surface area (Å²) < 4.78 is 5.77. The highest BCUT2D eigenvalue weighted by Gasteiger charge is 2.15. The molecule has 0 saturated carbocycles. The Labute approximate surface area is 111 Å². The third-order valence-electron chi connectivity index (χ3n) is 3.19. The molecule has 0 bridgehead atoms. The van der Waals surface area contributed by atoms with E-state index in [1.165, 1.54) is 5.56 Å². The number of aryl methyl sites for hydroxylation is 1. The summed E-state index contributed by atoms with van der Waals surface area (Å²) in [6.45, 7) is 0.760. The number of rotatable bonds is 1. The van der Waals surface area contributed by atoms with Gasteiger partial charge in [0.1, 0.15) is 11.5 Å². The predicted molar refractivity (Wildman–Crippen MR) is 72.4 cm³/mol. The summed E-state index contributed by atoms with van der Waals surface area (Å²) >= 11 is 5.96. The average molecular weight is 261 g/mol. The molecule has 0 spiro atoms. The number of hydrogen-bond acceptors (Lipinski definition) is 2. The summed E-state index contributed by atoms with van der Waals surface area (Å²) in [4.78, 5) is 0. The van der Waals surface area contributed by atoms with Crippen LogP contribution in [0.4, 0.5) is 0 Å². The highest BCUT2D eigenvalue weighted by Crippen LogP contribution is 2.38. The lowest BCUT2D eigenvalue weighted by Crippen LogP contribution is -2.09. The van der Waals surface area contributed by atoms with E-state index in [-0.39, 0.29) is 5.75 Å². The smallest absolute Gasteiger partial charge is 0.134 e. The molecule has 2 aromatic rings. The zero-order chi connectivity index (χ0) is 12.5. The number of benzene rings is 2. The number of aromatic hydroxyl groups is 1. The summed E-state index contributed by atoms with van der Waals surface area (Å²) in [6.07, 6.45) is 2.11. The van der Waals surface area contributed by atoms with Crippen LogP contribution in [0.5, 0.6) is 11.5 Å². The van der Waals surface area contributed by atoms with Crippen molar-refractivity contribution in [1.29, 1.82) is 0 Å². The molecule has 2 nitrogen and oxygen atoms in total. The van der Waals surface area contributed by atoms with Crippen LogP contribution in [0.2, 0.25) is 5.02 Å². The molecule has 1 aliphatic heterocycles. The summed E-state index contributed by atoms with van der Waals surface area (Å²) in [5.74, 6) is 1.05. The van der Waals surface area contributed by atoms with Crippen molar-refractivity contribution in [2.24, 2.45) is 0 Å². The fourth-order valence-corrected chi connectivity index (χ4v) is 2.47. The van der Waals surface area contributed by atoms with Crippen LogP contribution in [0.1, 0.15) is 12.0 Å². The molecule has 0 amide bonds. The molecule has 1 heterocycles. The topological polar surface area (TPSA) is 29.5 Å². The Kier molecular flexibility index (Phi) is 2.88. The lowest BCUT2D eigenvalue weighted by molar-refractivity contribution is 0.289. The van der Waals surface area contributed by atoms with E-state index >= 15 is 0 Å². The second kappa shape index (κ2) is 4.54. The maximum atomic E-state index is 9.47. The fourth-order valence-electron chi connectivity index (χ4n) is 2.29. The number of hydrogen-bond donors (Lipinski definition) is 1. The molecule has 0 radical (unpaired) electrons. The van der Waals surface area contributed by atoms with Crippen LogP contribution in [0, 0.1) is 0 Å². The second-order valence-electron chi connectivity index (χ2n) is 4.41. The largest absolute Gasteiger partial charge is 0.506 e. The van der Waals surface area contributed by atoms with Gasteiger partial charge >= 0.3 is 0 Å². The van der Waals surface area contributed by atoms with Gasteiger partial charge in [0.2, 0.25) is 0 Å². The maximum Gasteiger partial charge on any atom is 0.134 e. The van der Waals surface area contributed by atoms with Crippen LogP contribution in [0.25, 0.3) is 11.1 Å². The molecule has 1 aliphatic rings. The zero-order valence-corrected chi connectivity index (χ0v) is 10.6. The van der Waals surface area contributed by atoms with Gasteiger partial charge in [-0.2, -0.15) is 0 Å². The van der Waals surface area contributed by atoms with Crippen molar-refractivity contribution in [3.63, 3.8) is 0 Å². The fraction of sp³-hybridized carbons (Fsp3) is 0.200. The second-order valence-corrected chi connectivity index (χ2v) is 4.82. The van der Waals surface area contributed by atoms with Crippen LogP contribution in [0.3, 0.4) is 0 Å². The molecule has 18 heavy (non-hydrogen) atoms. The standard InChI is InChI=1S/C15H13ClO2/c16-13-9-11(6-7-14(13)17)12-5-1-3-10-4-2-8-18-15(10)12/h1,3,5-7,9,17H,2,4,8H2. The highest BCUT2D eigenvalue weighted by molar-refractivity contribution is 6.32. The molecule has 0 aromatic heterocycles. The number of ether oxygens (including phenoxy) is 1. The molecular formula is C15H13ClO2. The molecular weight excluding hydrogens is 248 g/mol. The molecule has 0 aliphatic carbocycles. The third-order valence-corrected chi connectivity index (χ3v) is 3.49. The first kappa shape index (κ1) is 11.4. The lowest BCUT2D eigenvalue weighted by atomic mass is 9.97. The quantitative estimate of drug-likeness (QED) is 0.839. The summed E-state index contributed by atoms with van der Waals surface area (Å²) in [5.41, 5.74) is 3.24. The molecule has 3 heteroatoms. The van der Waals surface area contributed by atoms with Gasteiger partial charge in [0.25, 0.3) is 0 Å². The minimum Gasteiger partial charge on any atom is -0.506 e. The number of phenolic OH excluding ortho intramolecular Hbond substituents is 1. The van der Waals surface area contributed by atoms with Crippen molar-refractivity contribution in [2.45, 2.75) is 12.8 Å². The van der Waals surface area contributed by atoms with Crippen molar-refractivity contribution in [3.8, 4) is 22.6 Å². The van der Waals surface area contributed by atoms with Gasteiger partial charge in [0.15, 0.2) is 0 Å². The summed E-state index contributed by atoms with van der Waals surface area (Å²) in [6, 6.07) is 11.4. The highest BCUT2D eigenvalue weighted by atomic mass is 35.5. The average Bonchev–Trinajstić information content (AvgIpc) is 2.41. The van der Waals surface area contributed by atoms with Crippen LogP contribution < -0.4 is 4.74 Å². The number of fused-ring (bicyclic) bond motifs is 1. The van der Waals surface area contributed by atoms with Crippen LogP contribution >= 0.6 is 11.6 Å². The zero-order valence-electron chi connectivity index (χ0n) is 9.82. The molecule has 2 aromatic carbocycles. The Morgan fingerprint density at radius 2 is 2.06 bits per heavy atom. The first-order chi connectivity index (χ1) is 8.75. The number of halogens is 1. The van der Waals surface area contributed by atoms with Gasteiger partial charge in [0, 0.05) is 5.56 Å². The Morgan fingerprint density at radius 1 is 1.17 bits per heavy atom. The maximum absolute atomic E-state index is 9.47. The van der Waals surface area contributed by atoms with Crippen molar-refractivity contribution >= 4 is 11.6 Å². The Hall–Kier alpha value is -1.67. The van der Waals surface area contributed by atoms with Gasteiger partial charge in [-0.3, -0.25) is 0 Å². The molecule has 0 atom stereocenters. The molecule has 92 valence electrons. The van der Waals surface area contributed by atoms with Crippen LogP contribution in [-0.2, 0) is 6.42 Å². The minimum absolute atomic E-state index is 0.103. The van der Waals surface area contributed by atoms with Gasteiger partial charge in [-0.15, -0.1) is 0 Å². The van der Waals surface area contributed by atoms with Crippen molar-refractivity contribution in [3.05, 3.63) is 47.0 Å². The van der Waals surface area contributed by atoms with E-state index in [0.29, 0.717) is 5.02 Å². The van der Waals surface area contributed by atoms with E-state index in [2.05, 4.69) is 6.07 Å². The molecule has 3 rings (SSSR count). The minimum atomic E-state index is 0.103. The van der Waals surface area contributed by atoms with Crippen LogP contribution in [0.15, 0.2) is 36.4 Å². The predicted octanol–water partition coefficient (Wildman–Crippen LogP) is 4.04. The van der Waals surface area contributed by atoms with Crippen molar-refractivity contribution in [2.75, 3.05) is 6.61 Å². The van der Waals surface area contributed by atoms with E-state index in [9.17, 15) is 5.11 Å². The van der Waals surface area contributed by atoms with Gasteiger partial charge in [0.05, 0.1) is 11.6 Å². The molecule has 0 fully saturated rings. The lowest BCUT2D eigenvalue weighted by Gasteiger charge is -2.20. The van der Waals surface area contributed by atoms with Crippen molar-refractivity contribution in [1.82, 2.24) is 0 Å². The molecule has 0 unspecified atom stereocenters. The molecule has 0 saturated heterocycles. The van der Waals surface area contributed by atoms with E-state index in [1.54, 1.807) is 12.1 Å². The monoisotopic (exact) mass is 260 g/mol. The number of para-hydroxylation sites is 1. The Morgan fingerprint density at radius 3 is 2.89 bits per heavy atom. The van der Waals surface area contributed by atoms with Crippen LogP contribution in [-0.4, -0.2) is 11.7 Å². The number of phenols is 1. The normalized spacial score (nSPS) is 13.8. The van der Waals surface area contributed by atoms with E-state index in [0.717, 1.165) is 36.3 Å². The van der Waals surface area contributed by atoms with E-state index in [1.807, 2.05) is 18.2 Å². The van der Waals surface area contributed by atoms with E-state index < -0.39 is 0 Å². The van der Waals surface area contributed by atoms with Gasteiger partial charge < -0.3 is 9.84 Å². The molecule has 1 N–H and O–H groups in total. The Bertz CT molecular complexity index is 593. The first-order valence-electron chi connectivity index (χ1n) is 5.99. The summed E-state index contributed by atoms with van der Waals surface area (Å²) in [7, 11) is 0. The summed E-state index contributed by atoms with van der Waals surface area (Å²) in [5, 5.41) is 9.83. The van der Waals surface area contributed by atoms with Gasteiger partial charge in [-0.25, -0.2) is 0 Å².